The summed E-state index contributed by atoms with van der Waals surface area (Å²) in [5.41, 5.74) is 1.01. The molecule has 2 rings (SSSR count). The molecule has 1 fully saturated rings. The maximum absolute atomic E-state index is 12.3. The van der Waals surface area contributed by atoms with E-state index in [-0.39, 0.29) is 18.0 Å². The molecule has 6 heteroatoms. The number of amides is 2. The van der Waals surface area contributed by atoms with Crippen LogP contribution >= 0.6 is 0 Å². The second kappa shape index (κ2) is 8.57. The molecule has 2 amide bonds. The highest BCUT2D eigenvalue weighted by Crippen LogP contribution is 2.20. The molecule has 1 aliphatic rings. The standard InChI is InChI=1S/C18H26N2O4/c1-3-12-24-16-6-4-14(5-7-16)13(2)19-18(23)20-10-8-15(9-11-20)17(21)22/h4-7,13,15H,3,8-12H2,1-2H3,(H,19,23)(H,21,22). The normalized spacial score (nSPS) is 16.5. The first-order valence-corrected chi connectivity index (χ1v) is 8.52. The van der Waals surface area contributed by atoms with Gasteiger partial charge in [0.1, 0.15) is 5.75 Å². The number of nitrogens with one attached hydrogen (secondary N) is 1. The van der Waals surface area contributed by atoms with Crippen molar-refractivity contribution in [1.82, 2.24) is 10.2 Å². The number of carbonyl (C=O) groups excluding carboxylic acids is 1. The highest BCUT2D eigenvalue weighted by Gasteiger charge is 2.27. The van der Waals surface area contributed by atoms with Crippen molar-refractivity contribution in [1.29, 1.82) is 0 Å². The van der Waals surface area contributed by atoms with Crippen LogP contribution in [0.3, 0.4) is 0 Å². The number of carboxylic acid groups (broad SMARTS) is 1. The van der Waals surface area contributed by atoms with E-state index in [0.29, 0.717) is 32.5 Å². The Morgan fingerprint density at radius 3 is 2.46 bits per heavy atom. The van der Waals surface area contributed by atoms with Crippen molar-refractivity contribution in [3.63, 3.8) is 0 Å². The van der Waals surface area contributed by atoms with E-state index >= 15 is 0 Å². The molecule has 1 aliphatic heterocycles. The molecular formula is C18H26N2O4. The molecule has 0 aromatic heterocycles. The van der Waals surface area contributed by atoms with Crippen LogP contribution in [0.25, 0.3) is 0 Å². The Morgan fingerprint density at radius 2 is 1.92 bits per heavy atom. The van der Waals surface area contributed by atoms with Crippen LogP contribution in [0.2, 0.25) is 0 Å². The molecule has 1 saturated heterocycles. The van der Waals surface area contributed by atoms with Crippen LogP contribution < -0.4 is 10.1 Å². The first-order valence-electron chi connectivity index (χ1n) is 8.52. The van der Waals surface area contributed by atoms with E-state index in [0.717, 1.165) is 17.7 Å². The molecule has 0 radical (unpaired) electrons. The highest BCUT2D eigenvalue weighted by atomic mass is 16.5. The molecule has 1 heterocycles. The lowest BCUT2D eigenvalue weighted by atomic mass is 9.97. The fourth-order valence-corrected chi connectivity index (χ4v) is 2.76. The number of carboxylic acids is 1. The summed E-state index contributed by atoms with van der Waals surface area (Å²) in [5, 5.41) is 12.0. The summed E-state index contributed by atoms with van der Waals surface area (Å²) in [5.74, 6) is -0.272. The van der Waals surface area contributed by atoms with Crippen molar-refractivity contribution in [3.05, 3.63) is 29.8 Å². The third-order valence-electron chi connectivity index (χ3n) is 4.32. The van der Waals surface area contributed by atoms with Gasteiger partial charge in [-0.25, -0.2) is 4.79 Å². The van der Waals surface area contributed by atoms with Crippen LogP contribution in [-0.4, -0.2) is 41.7 Å². The van der Waals surface area contributed by atoms with E-state index in [2.05, 4.69) is 12.2 Å². The SMILES string of the molecule is CCCOc1ccc(C(C)NC(=O)N2CCC(C(=O)O)CC2)cc1. The van der Waals surface area contributed by atoms with E-state index in [4.69, 9.17) is 9.84 Å². The fraction of sp³-hybridized carbons (Fsp3) is 0.556. The van der Waals surface area contributed by atoms with Crippen LogP contribution in [0.4, 0.5) is 4.79 Å². The van der Waals surface area contributed by atoms with Gasteiger partial charge in [-0.15, -0.1) is 0 Å². The van der Waals surface area contributed by atoms with Gasteiger partial charge in [-0.2, -0.15) is 0 Å². The average Bonchev–Trinajstić information content (AvgIpc) is 2.60. The summed E-state index contributed by atoms with van der Waals surface area (Å²) in [4.78, 5) is 25.0. The van der Waals surface area contributed by atoms with Crippen LogP contribution in [0.5, 0.6) is 5.75 Å². The Hall–Kier alpha value is -2.24. The van der Waals surface area contributed by atoms with Gasteiger partial charge >= 0.3 is 12.0 Å². The van der Waals surface area contributed by atoms with E-state index in [1.165, 1.54) is 0 Å². The molecule has 132 valence electrons. The van der Waals surface area contributed by atoms with Crippen LogP contribution in [0.15, 0.2) is 24.3 Å². The molecule has 24 heavy (non-hydrogen) atoms. The van der Waals surface area contributed by atoms with E-state index in [9.17, 15) is 9.59 Å². The van der Waals surface area contributed by atoms with Crippen molar-refractivity contribution in [2.45, 2.75) is 39.2 Å². The predicted molar refractivity (Wildman–Crippen MR) is 91.1 cm³/mol. The van der Waals surface area contributed by atoms with Gasteiger partial charge in [0.2, 0.25) is 0 Å². The number of hydrogen-bond donors (Lipinski definition) is 2. The summed E-state index contributed by atoms with van der Waals surface area (Å²) in [7, 11) is 0. The Bertz CT molecular complexity index is 551. The van der Waals surface area contributed by atoms with Gasteiger partial charge in [-0.3, -0.25) is 4.79 Å². The molecule has 0 bridgehead atoms. The molecule has 6 nitrogen and oxygen atoms in total. The van der Waals surface area contributed by atoms with Gasteiger partial charge in [0, 0.05) is 13.1 Å². The molecule has 1 aromatic carbocycles. The van der Waals surface area contributed by atoms with Crippen LogP contribution in [0, 0.1) is 5.92 Å². The summed E-state index contributed by atoms with van der Waals surface area (Å²) in [6, 6.07) is 7.46. The third kappa shape index (κ3) is 4.88. The largest absolute Gasteiger partial charge is 0.494 e. The van der Waals surface area contributed by atoms with Crippen molar-refractivity contribution >= 4 is 12.0 Å². The van der Waals surface area contributed by atoms with Crippen LogP contribution in [0.1, 0.15) is 44.7 Å². The van der Waals surface area contributed by atoms with Gasteiger partial charge in [0.15, 0.2) is 0 Å². The number of likely N-dealkylation sites (tertiary alicyclic amines) is 1. The van der Waals surface area contributed by atoms with Crippen LogP contribution in [-0.2, 0) is 4.79 Å². The van der Waals surface area contributed by atoms with Gasteiger partial charge in [-0.05, 0) is 43.9 Å². The summed E-state index contributed by atoms with van der Waals surface area (Å²) in [6.45, 7) is 5.66. The first kappa shape index (κ1) is 18.1. The van der Waals surface area contributed by atoms with Crippen molar-refractivity contribution < 1.29 is 19.4 Å². The zero-order valence-electron chi connectivity index (χ0n) is 14.3. The quantitative estimate of drug-likeness (QED) is 0.838. The minimum absolute atomic E-state index is 0.116. The predicted octanol–water partition coefficient (Wildman–Crippen LogP) is 3.04. The minimum atomic E-state index is -0.770. The van der Waals surface area contributed by atoms with E-state index in [1.54, 1.807) is 4.90 Å². The summed E-state index contributed by atoms with van der Waals surface area (Å²) in [6.07, 6.45) is 1.99. The third-order valence-corrected chi connectivity index (χ3v) is 4.32. The second-order valence-corrected chi connectivity index (χ2v) is 6.19. The molecule has 2 N–H and O–H groups in total. The second-order valence-electron chi connectivity index (χ2n) is 6.19. The smallest absolute Gasteiger partial charge is 0.317 e. The number of nitrogens with zero attached hydrogens (tertiary/aromatic N) is 1. The zero-order chi connectivity index (χ0) is 17.5. The molecule has 1 aromatic rings. The number of hydrogen-bond acceptors (Lipinski definition) is 3. The molecule has 1 unspecified atom stereocenters. The Morgan fingerprint density at radius 1 is 1.29 bits per heavy atom. The maximum Gasteiger partial charge on any atom is 0.317 e. The molecular weight excluding hydrogens is 308 g/mol. The number of ether oxygens (including phenoxy) is 1. The number of carbonyl (C=O) groups is 2. The molecule has 0 spiro atoms. The lowest BCUT2D eigenvalue weighted by Crippen LogP contribution is -2.46. The number of urea groups is 1. The molecule has 0 aliphatic carbocycles. The topological polar surface area (TPSA) is 78.9 Å². The van der Waals surface area contributed by atoms with Gasteiger partial charge in [0.05, 0.1) is 18.6 Å². The van der Waals surface area contributed by atoms with Crippen molar-refractivity contribution in [3.8, 4) is 5.75 Å². The Kier molecular flexibility index (Phi) is 6.46. The fourth-order valence-electron chi connectivity index (χ4n) is 2.76. The monoisotopic (exact) mass is 334 g/mol. The van der Waals surface area contributed by atoms with Crippen molar-refractivity contribution in [2.75, 3.05) is 19.7 Å². The maximum atomic E-state index is 12.3. The van der Waals surface area contributed by atoms with Crippen molar-refractivity contribution in [2.24, 2.45) is 5.92 Å². The minimum Gasteiger partial charge on any atom is -0.494 e. The highest BCUT2D eigenvalue weighted by molar-refractivity contribution is 5.75. The molecule has 1 atom stereocenters. The Balaban J connectivity index is 1.84. The zero-order valence-corrected chi connectivity index (χ0v) is 14.3. The number of rotatable bonds is 6. The molecule has 0 saturated carbocycles. The van der Waals surface area contributed by atoms with E-state index in [1.807, 2.05) is 31.2 Å². The number of aliphatic carboxylic acids is 1. The summed E-state index contributed by atoms with van der Waals surface area (Å²) < 4.78 is 5.55. The summed E-state index contributed by atoms with van der Waals surface area (Å²) >= 11 is 0. The van der Waals surface area contributed by atoms with Gasteiger partial charge in [0.25, 0.3) is 0 Å². The number of piperidine rings is 1. The van der Waals surface area contributed by atoms with E-state index < -0.39 is 5.97 Å². The lowest BCUT2D eigenvalue weighted by Gasteiger charge is -2.31. The van der Waals surface area contributed by atoms with Gasteiger partial charge < -0.3 is 20.1 Å². The van der Waals surface area contributed by atoms with Gasteiger partial charge in [-0.1, -0.05) is 19.1 Å². The first-order chi connectivity index (χ1) is 11.5. The average molecular weight is 334 g/mol. The Labute approximate surface area is 142 Å². The number of benzene rings is 1. The lowest BCUT2D eigenvalue weighted by molar-refractivity contribution is -0.143.